The number of carbonyl (C=O) groups is 2. The maximum Gasteiger partial charge on any atom is 0.311 e. The zero-order chi connectivity index (χ0) is 23.7. The number of fused-ring (bicyclic) bond motifs is 4. The fourth-order valence-corrected chi connectivity index (χ4v) is 5.10. The van der Waals surface area contributed by atoms with Crippen molar-refractivity contribution in [2.24, 2.45) is 0 Å². The van der Waals surface area contributed by atoms with Gasteiger partial charge in [0.25, 0.3) is 0 Å². The lowest BCUT2D eigenvalue weighted by atomic mass is 9.77. The standard InChI is InChI=1S/C29H29NO4/c1-3-4-12-26(32)34-24-16-14-19(17-25(24)33-2)29-28-21(10-7-11-23(28)31)27-20-9-6-5-8-18(20)13-15-22(27)30-29/h5-6,8-9,13-17,29-30H,3-4,7,10-12H2,1-2H3. The van der Waals surface area contributed by atoms with E-state index in [9.17, 15) is 9.59 Å². The van der Waals surface area contributed by atoms with Gasteiger partial charge < -0.3 is 14.8 Å². The lowest BCUT2D eigenvalue weighted by Gasteiger charge is -2.35. The molecule has 0 bridgehead atoms. The van der Waals surface area contributed by atoms with Crippen LogP contribution >= 0.6 is 0 Å². The number of allylic oxidation sites excluding steroid dienone is 1. The molecule has 1 aliphatic heterocycles. The van der Waals surface area contributed by atoms with E-state index in [2.05, 4.69) is 29.6 Å². The second-order valence-electron chi connectivity index (χ2n) is 8.94. The highest BCUT2D eigenvalue weighted by Crippen LogP contribution is 2.48. The fraction of sp³-hybridized carbons (Fsp3) is 0.310. The lowest BCUT2D eigenvalue weighted by molar-refractivity contribution is -0.134. The molecule has 34 heavy (non-hydrogen) atoms. The number of rotatable bonds is 6. The van der Waals surface area contributed by atoms with E-state index in [4.69, 9.17) is 9.47 Å². The van der Waals surface area contributed by atoms with Crippen molar-refractivity contribution in [3.8, 4) is 11.5 Å². The van der Waals surface area contributed by atoms with Crippen molar-refractivity contribution in [3.05, 3.63) is 71.3 Å². The molecule has 0 saturated heterocycles. The van der Waals surface area contributed by atoms with Gasteiger partial charge in [-0.1, -0.05) is 49.7 Å². The van der Waals surface area contributed by atoms with E-state index in [0.29, 0.717) is 24.3 Å². The van der Waals surface area contributed by atoms with Gasteiger partial charge in [0.05, 0.1) is 13.2 Å². The topological polar surface area (TPSA) is 64.6 Å². The van der Waals surface area contributed by atoms with Gasteiger partial charge in [0, 0.05) is 29.7 Å². The first-order valence-corrected chi connectivity index (χ1v) is 12.0. The summed E-state index contributed by atoms with van der Waals surface area (Å²) in [5.41, 5.74) is 5.06. The zero-order valence-corrected chi connectivity index (χ0v) is 19.6. The highest BCUT2D eigenvalue weighted by atomic mass is 16.6. The Kier molecular flexibility index (Phi) is 6.10. The second-order valence-corrected chi connectivity index (χ2v) is 8.94. The van der Waals surface area contributed by atoms with Crippen LogP contribution in [0.25, 0.3) is 16.3 Å². The van der Waals surface area contributed by atoms with E-state index in [-0.39, 0.29) is 17.8 Å². The van der Waals surface area contributed by atoms with Crippen molar-refractivity contribution >= 4 is 33.8 Å². The summed E-state index contributed by atoms with van der Waals surface area (Å²) in [6, 6.07) is 17.8. The summed E-state index contributed by atoms with van der Waals surface area (Å²) in [4.78, 5) is 25.4. The van der Waals surface area contributed by atoms with Crippen LogP contribution in [0.5, 0.6) is 11.5 Å². The van der Waals surface area contributed by atoms with Crippen LogP contribution in [0.3, 0.4) is 0 Å². The zero-order valence-electron chi connectivity index (χ0n) is 19.6. The van der Waals surface area contributed by atoms with E-state index in [1.807, 2.05) is 31.2 Å². The SMILES string of the molecule is CCCCC(=O)Oc1ccc(C2Nc3ccc4ccccc4c3C3=C2C(=O)CCC3)cc1OC. The van der Waals surface area contributed by atoms with Gasteiger partial charge in [-0.25, -0.2) is 0 Å². The van der Waals surface area contributed by atoms with Gasteiger partial charge in [-0.15, -0.1) is 0 Å². The molecule has 0 radical (unpaired) electrons. The Morgan fingerprint density at radius 1 is 1.06 bits per heavy atom. The van der Waals surface area contributed by atoms with Crippen LogP contribution in [0, 0.1) is 0 Å². The molecule has 1 heterocycles. The molecular weight excluding hydrogens is 426 g/mol. The second kappa shape index (κ2) is 9.34. The van der Waals surface area contributed by atoms with Crippen molar-refractivity contribution in [1.82, 2.24) is 0 Å². The summed E-state index contributed by atoms with van der Waals surface area (Å²) in [5, 5.41) is 5.97. The number of anilines is 1. The molecule has 2 aliphatic rings. The number of esters is 1. The largest absolute Gasteiger partial charge is 0.493 e. The molecule has 1 unspecified atom stereocenters. The predicted molar refractivity (Wildman–Crippen MR) is 134 cm³/mol. The smallest absolute Gasteiger partial charge is 0.311 e. The molecule has 0 fully saturated rings. The summed E-state index contributed by atoms with van der Waals surface area (Å²) < 4.78 is 11.1. The van der Waals surface area contributed by atoms with E-state index in [1.165, 1.54) is 10.8 Å². The Morgan fingerprint density at radius 2 is 1.91 bits per heavy atom. The Balaban J connectivity index is 1.57. The molecule has 1 atom stereocenters. The Labute approximate surface area is 199 Å². The van der Waals surface area contributed by atoms with Crippen molar-refractivity contribution in [1.29, 1.82) is 0 Å². The minimum atomic E-state index is -0.282. The van der Waals surface area contributed by atoms with Crippen LogP contribution in [0.15, 0.2) is 60.2 Å². The molecule has 5 heteroatoms. The van der Waals surface area contributed by atoms with Crippen molar-refractivity contribution < 1.29 is 19.1 Å². The summed E-state index contributed by atoms with van der Waals surface area (Å²) >= 11 is 0. The normalized spacial score (nSPS) is 17.1. The molecule has 5 rings (SSSR count). The van der Waals surface area contributed by atoms with Crippen LogP contribution < -0.4 is 14.8 Å². The third kappa shape index (κ3) is 3.96. The number of Topliss-reactive ketones (excluding diaryl/α,β-unsaturated/α-hetero) is 1. The molecule has 0 aromatic heterocycles. The van der Waals surface area contributed by atoms with E-state index < -0.39 is 0 Å². The van der Waals surface area contributed by atoms with Gasteiger partial charge in [0.15, 0.2) is 17.3 Å². The van der Waals surface area contributed by atoms with Gasteiger partial charge in [-0.05, 0) is 59.4 Å². The molecule has 3 aromatic carbocycles. The summed E-state index contributed by atoms with van der Waals surface area (Å²) in [5.74, 6) is 0.806. The van der Waals surface area contributed by atoms with Crippen LogP contribution in [0.1, 0.15) is 62.6 Å². The van der Waals surface area contributed by atoms with Gasteiger partial charge in [0.2, 0.25) is 0 Å². The number of methoxy groups -OCH3 is 1. The van der Waals surface area contributed by atoms with Crippen LogP contribution in [0.4, 0.5) is 5.69 Å². The minimum Gasteiger partial charge on any atom is -0.493 e. The van der Waals surface area contributed by atoms with Gasteiger partial charge in [0.1, 0.15) is 0 Å². The first kappa shape index (κ1) is 22.2. The number of ether oxygens (including phenoxy) is 2. The first-order valence-electron chi connectivity index (χ1n) is 12.0. The highest BCUT2D eigenvalue weighted by Gasteiger charge is 2.35. The number of unbranched alkanes of at least 4 members (excludes halogenated alkanes) is 1. The average Bonchev–Trinajstić information content (AvgIpc) is 2.87. The minimum absolute atomic E-state index is 0.186. The summed E-state index contributed by atoms with van der Waals surface area (Å²) in [7, 11) is 1.56. The van der Waals surface area contributed by atoms with Gasteiger partial charge in [-0.3, -0.25) is 9.59 Å². The molecule has 174 valence electrons. The molecule has 1 N–H and O–H groups in total. The van der Waals surface area contributed by atoms with Crippen LogP contribution in [-0.2, 0) is 9.59 Å². The van der Waals surface area contributed by atoms with Gasteiger partial charge >= 0.3 is 5.97 Å². The number of nitrogens with one attached hydrogen (secondary N) is 1. The molecule has 0 amide bonds. The van der Waals surface area contributed by atoms with E-state index >= 15 is 0 Å². The lowest BCUT2D eigenvalue weighted by Crippen LogP contribution is -2.27. The van der Waals surface area contributed by atoms with Gasteiger partial charge in [-0.2, -0.15) is 0 Å². The predicted octanol–water partition coefficient (Wildman–Crippen LogP) is 6.62. The van der Waals surface area contributed by atoms with Crippen molar-refractivity contribution in [2.75, 3.05) is 12.4 Å². The third-order valence-corrected chi connectivity index (χ3v) is 6.75. The summed E-state index contributed by atoms with van der Waals surface area (Å²) in [6.45, 7) is 2.04. The number of carbonyl (C=O) groups excluding carboxylic acids is 2. The molecule has 0 saturated carbocycles. The highest BCUT2D eigenvalue weighted by molar-refractivity contribution is 6.12. The number of benzene rings is 3. The third-order valence-electron chi connectivity index (χ3n) is 6.75. The monoisotopic (exact) mass is 455 g/mol. The molecular formula is C29H29NO4. The molecule has 0 spiro atoms. The number of hydrogen-bond acceptors (Lipinski definition) is 5. The van der Waals surface area contributed by atoms with Crippen LogP contribution in [-0.4, -0.2) is 18.9 Å². The van der Waals surface area contributed by atoms with E-state index in [1.54, 1.807) is 13.2 Å². The van der Waals surface area contributed by atoms with Crippen molar-refractivity contribution in [2.45, 2.75) is 51.5 Å². The number of hydrogen-bond donors (Lipinski definition) is 1. The first-order chi connectivity index (χ1) is 16.6. The van der Waals surface area contributed by atoms with Crippen molar-refractivity contribution in [3.63, 3.8) is 0 Å². The van der Waals surface area contributed by atoms with Crippen LogP contribution in [0.2, 0.25) is 0 Å². The molecule has 1 aliphatic carbocycles. The Bertz CT molecular complexity index is 1310. The molecule has 5 nitrogen and oxygen atoms in total. The fourth-order valence-electron chi connectivity index (χ4n) is 5.10. The maximum absolute atomic E-state index is 13.2. The number of ketones is 1. The molecule has 3 aromatic rings. The summed E-state index contributed by atoms with van der Waals surface area (Å²) in [6.07, 6.45) is 4.40. The average molecular weight is 456 g/mol. The quantitative estimate of drug-likeness (QED) is 0.334. The maximum atomic E-state index is 13.2. The Hall–Kier alpha value is -3.60. The Morgan fingerprint density at radius 3 is 2.74 bits per heavy atom. The van der Waals surface area contributed by atoms with E-state index in [0.717, 1.165) is 53.6 Å².